The van der Waals surface area contributed by atoms with Gasteiger partial charge in [0.2, 0.25) is 6.54 Å². The van der Waals surface area contributed by atoms with Crippen LogP contribution in [0.2, 0.25) is 0 Å². The molecule has 1 aromatic heterocycles. The molecule has 0 saturated carbocycles. The van der Waals surface area contributed by atoms with E-state index in [-0.39, 0.29) is 12.5 Å². The Morgan fingerprint density at radius 1 is 1.32 bits per heavy atom. The number of aryl methyl sites for hydroxylation is 1. The number of nitrogens with zero attached hydrogens (tertiary/aromatic N) is 1. The lowest BCUT2D eigenvalue weighted by Crippen LogP contribution is -2.40. The molecule has 0 saturated heterocycles. The molecular weight excluding hydrogens is 282 g/mol. The van der Waals surface area contributed by atoms with E-state index in [2.05, 4.69) is 5.32 Å². The number of aromatic nitrogens is 1. The van der Waals surface area contributed by atoms with Crippen LogP contribution in [0.1, 0.15) is 15.9 Å². The van der Waals surface area contributed by atoms with Crippen molar-refractivity contribution in [1.82, 2.24) is 0 Å². The Kier molecular flexibility index (Phi) is 4.73. The maximum Gasteiger partial charge on any atom is 0.290 e. The third kappa shape index (κ3) is 3.82. The van der Waals surface area contributed by atoms with Gasteiger partial charge in [0.25, 0.3) is 11.8 Å². The maximum absolute atomic E-state index is 12.1. The molecule has 0 aliphatic heterocycles. The van der Waals surface area contributed by atoms with Gasteiger partial charge in [-0.1, -0.05) is 6.07 Å². The fraction of sp³-hybridized carbons (Fsp3) is 0.188. The molecule has 6 nitrogen and oxygen atoms in total. The number of primary amides is 1. The highest BCUT2D eigenvalue weighted by atomic mass is 16.5. The molecule has 0 aliphatic rings. The predicted octanol–water partition coefficient (Wildman–Crippen LogP) is 1.03. The number of anilines is 1. The van der Waals surface area contributed by atoms with Crippen LogP contribution in [0.5, 0.6) is 5.75 Å². The van der Waals surface area contributed by atoms with Crippen LogP contribution in [-0.4, -0.2) is 18.9 Å². The van der Waals surface area contributed by atoms with Crippen molar-refractivity contribution < 1.29 is 18.9 Å². The molecule has 0 atom stereocenters. The quantitative estimate of drug-likeness (QED) is 0.809. The van der Waals surface area contributed by atoms with Gasteiger partial charge in [0.15, 0.2) is 12.4 Å². The number of carbonyl (C=O) groups excluding carboxylic acids is 2. The van der Waals surface area contributed by atoms with Gasteiger partial charge in [-0.15, -0.1) is 0 Å². The summed E-state index contributed by atoms with van der Waals surface area (Å²) in [6.45, 7) is 2.00. The lowest BCUT2D eigenvalue weighted by atomic mass is 10.2. The van der Waals surface area contributed by atoms with Crippen molar-refractivity contribution in [3.63, 3.8) is 0 Å². The number of rotatable bonds is 5. The molecule has 6 heteroatoms. The Bertz CT molecular complexity index is 714. The molecule has 0 fully saturated rings. The highest BCUT2D eigenvalue weighted by Gasteiger charge is 2.14. The monoisotopic (exact) mass is 300 g/mol. The van der Waals surface area contributed by atoms with Gasteiger partial charge in [-0.2, -0.15) is 4.57 Å². The number of methoxy groups -OCH3 is 1. The standard InChI is InChI=1S/C16H17N3O3/c1-11-5-6-14(22-2)13(8-11)18-15(20)10-19-7-3-4-12(9-19)16(17)21/h3-9H,10H2,1-2H3,(H2-,17,18,20,21)/p+1. The molecule has 114 valence electrons. The van der Waals surface area contributed by atoms with E-state index < -0.39 is 5.91 Å². The largest absolute Gasteiger partial charge is 0.495 e. The first-order valence-electron chi connectivity index (χ1n) is 6.73. The van der Waals surface area contributed by atoms with Crippen LogP contribution in [0.4, 0.5) is 5.69 Å². The summed E-state index contributed by atoms with van der Waals surface area (Å²) in [6, 6.07) is 8.80. The van der Waals surface area contributed by atoms with Gasteiger partial charge in [-0.25, -0.2) is 0 Å². The molecule has 0 spiro atoms. The summed E-state index contributed by atoms with van der Waals surface area (Å²) in [5.74, 6) is -0.166. The molecule has 2 rings (SSSR count). The third-order valence-corrected chi connectivity index (χ3v) is 3.10. The van der Waals surface area contributed by atoms with Gasteiger partial charge in [-0.05, 0) is 30.7 Å². The van der Waals surface area contributed by atoms with Gasteiger partial charge in [0, 0.05) is 6.07 Å². The molecule has 2 aromatic rings. The number of hydrogen-bond donors (Lipinski definition) is 2. The van der Waals surface area contributed by atoms with Gasteiger partial charge in [-0.3, -0.25) is 9.59 Å². The van der Waals surface area contributed by atoms with E-state index in [1.54, 1.807) is 36.1 Å². The molecule has 0 radical (unpaired) electrons. The second-order valence-electron chi connectivity index (χ2n) is 4.88. The normalized spacial score (nSPS) is 10.1. The molecule has 0 aliphatic carbocycles. The Labute approximate surface area is 128 Å². The fourth-order valence-corrected chi connectivity index (χ4v) is 2.04. The number of pyridine rings is 1. The van der Waals surface area contributed by atoms with Gasteiger partial charge in [0.1, 0.15) is 11.3 Å². The van der Waals surface area contributed by atoms with Crippen molar-refractivity contribution in [3.05, 3.63) is 53.9 Å². The maximum atomic E-state index is 12.1. The van der Waals surface area contributed by atoms with Gasteiger partial charge < -0.3 is 15.8 Å². The smallest absolute Gasteiger partial charge is 0.290 e. The summed E-state index contributed by atoms with van der Waals surface area (Å²) in [6.07, 6.45) is 3.23. The summed E-state index contributed by atoms with van der Waals surface area (Å²) in [5.41, 5.74) is 7.20. The first-order valence-corrected chi connectivity index (χ1v) is 6.73. The minimum atomic E-state index is -0.532. The van der Waals surface area contributed by atoms with E-state index in [0.29, 0.717) is 17.0 Å². The zero-order valence-electron chi connectivity index (χ0n) is 12.5. The number of benzene rings is 1. The topological polar surface area (TPSA) is 85.3 Å². The minimum Gasteiger partial charge on any atom is -0.495 e. The summed E-state index contributed by atoms with van der Waals surface area (Å²) >= 11 is 0. The van der Waals surface area contributed by atoms with Crippen LogP contribution in [0.3, 0.4) is 0 Å². The van der Waals surface area contributed by atoms with Crippen molar-refractivity contribution in [2.24, 2.45) is 5.73 Å². The van der Waals surface area contributed by atoms with Crippen LogP contribution < -0.4 is 20.4 Å². The first-order chi connectivity index (χ1) is 10.5. The molecule has 0 unspecified atom stereocenters. The highest BCUT2D eigenvalue weighted by molar-refractivity contribution is 5.92. The number of ether oxygens (including phenoxy) is 1. The molecule has 1 aromatic carbocycles. The number of nitrogens with one attached hydrogen (secondary N) is 1. The summed E-state index contributed by atoms with van der Waals surface area (Å²) in [4.78, 5) is 23.3. The Balaban J connectivity index is 2.12. The zero-order chi connectivity index (χ0) is 16.1. The van der Waals surface area contributed by atoms with E-state index in [1.165, 1.54) is 6.20 Å². The minimum absolute atomic E-state index is 0.0677. The van der Waals surface area contributed by atoms with Gasteiger partial charge >= 0.3 is 0 Å². The lowest BCUT2D eigenvalue weighted by Gasteiger charge is -2.10. The molecule has 22 heavy (non-hydrogen) atoms. The number of amides is 2. The SMILES string of the molecule is COc1ccc(C)cc1NC(=O)C[n+]1cccc(C(N)=O)c1. The van der Waals surface area contributed by atoms with Crippen molar-refractivity contribution in [2.45, 2.75) is 13.5 Å². The van der Waals surface area contributed by atoms with E-state index in [1.807, 2.05) is 19.1 Å². The Morgan fingerprint density at radius 3 is 2.77 bits per heavy atom. The van der Waals surface area contributed by atoms with Crippen LogP contribution in [0, 0.1) is 6.92 Å². The molecule has 2 amide bonds. The lowest BCUT2D eigenvalue weighted by molar-refractivity contribution is -0.684. The summed E-state index contributed by atoms with van der Waals surface area (Å²) in [5, 5.41) is 2.80. The highest BCUT2D eigenvalue weighted by Crippen LogP contribution is 2.24. The Morgan fingerprint density at radius 2 is 2.09 bits per heavy atom. The van der Waals surface area contributed by atoms with Crippen LogP contribution in [-0.2, 0) is 11.3 Å². The van der Waals surface area contributed by atoms with E-state index in [9.17, 15) is 9.59 Å². The van der Waals surface area contributed by atoms with Crippen molar-refractivity contribution in [1.29, 1.82) is 0 Å². The molecule has 0 bridgehead atoms. The van der Waals surface area contributed by atoms with Crippen LogP contribution in [0.25, 0.3) is 0 Å². The second-order valence-corrected chi connectivity index (χ2v) is 4.88. The average Bonchev–Trinajstić information content (AvgIpc) is 2.47. The fourth-order valence-electron chi connectivity index (χ4n) is 2.04. The first kappa shape index (κ1) is 15.5. The van der Waals surface area contributed by atoms with Crippen molar-refractivity contribution in [3.8, 4) is 5.75 Å². The molecule has 1 heterocycles. The van der Waals surface area contributed by atoms with E-state index in [4.69, 9.17) is 10.5 Å². The van der Waals surface area contributed by atoms with Crippen molar-refractivity contribution in [2.75, 3.05) is 12.4 Å². The van der Waals surface area contributed by atoms with E-state index >= 15 is 0 Å². The molecule has 3 N–H and O–H groups in total. The average molecular weight is 300 g/mol. The Hall–Kier alpha value is -2.89. The second kappa shape index (κ2) is 6.71. The number of carbonyl (C=O) groups is 2. The predicted molar refractivity (Wildman–Crippen MR) is 81.5 cm³/mol. The number of hydrogen-bond acceptors (Lipinski definition) is 3. The summed E-state index contributed by atoms with van der Waals surface area (Å²) in [7, 11) is 1.55. The van der Waals surface area contributed by atoms with Crippen molar-refractivity contribution >= 4 is 17.5 Å². The third-order valence-electron chi connectivity index (χ3n) is 3.10. The zero-order valence-corrected chi connectivity index (χ0v) is 12.5. The van der Waals surface area contributed by atoms with Crippen LogP contribution in [0.15, 0.2) is 42.7 Å². The van der Waals surface area contributed by atoms with Crippen LogP contribution >= 0.6 is 0 Å². The van der Waals surface area contributed by atoms with E-state index in [0.717, 1.165) is 5.56 Å². The summed E-state index contributed by atoms with van der Waals surface area (Å²) < 4.78 is 6.81. The number of nitrogens with two attached hydrogens (primary N) is 1. The molecular formula is C16H18N3O3+. The van der Waals surface area contributed by atoms with Gasteiger partial charge in [0.05, 0.1) is 12.8 Å².